The van der Waals surface area contributed by atoms with E-state index in [2.05, 4.69) is 41.9 Å². The van der Waals surface area contributed by atoms with Gasteiger partial charge in [-0.05, 0) is 61.2 Å². The average molecular weight is 467 g/mol. The van der Waals surface area contributed by atoms with E-state index in [-0.39, 0.29) is 24.3 Å². The Labute approximate surface area is 193 Å². The van der Waals surface area contributed by atoms with Crippen molar-refractivity contribution in [2.24, 2.45) is 0 Å². The molecule has 0 spiro atoms. The van der Waals surface area contributed by atoms with Gasteiger partial charge in [0.1, 0.15) is 5.75 Å². The minimum atomic E-state index is -4.60. The van der Waals surface area contributed by atoms with Crippen molar-refractivity contribution in [3.05, 3.63) is 77.4 Å². The molecule has 2 aromatic carbocycles. The molecule has 2 unspecified atom stereocenters. The number of rotatable bonds is 9. The number of benzene rings is 2. The fourth-order valence-electron chi connectivity index (χ4n) is 3.21. The van der Waals surface area contributed by atoms with Crippen LogP contribution >= 0.6 is 0 Å². The first-order valence-electron chi connectivity index (χ1n) is 10.7. The Morgan fingerprint density at radius 1 is 1.21 bits per heavy atom. The number of aryl methyl sites for hydroxylation is 1. The summed E-state index contributed by atoms with van der Waals surface area (Å²) in [5.41, 5.74) is 4.10. The van der Waals surface area contributed by atoms with Crippen LogP contribution in [0.1, 0.15) is 54.5 Å². The van der Waals surface area contributed by atoms with Crippen molar-refractivity contribution < 1.29 is 27.8 Å². The summed E-state index contributed by atoms with van der Waals surface area (Å²) in [6, 6.07) is 11.6. The second kappa shape index (κ2) is 13.6. The van der Waals surface area contributed by atoms with Crippen LogP contribution in [0.4, 0.5) is 13.2 Å². The Morgan fingerprint density at radius 2 is 1.85 bits per heavy atom. The van der Waals surface area contributed by atoms with Gasteiger partial charge in [0.15, 0.2) is 0 Å². The van der Waals surface area contributed by atoms with Gasteiger partial charge < -0.3 is 20.5 Å². The van der Waals surface area contributed by atoms with E-state index < -0.39 is 6.36 Å². The van der Waals surface area contributed by atoms with Crippen LogP contribution in [0.5, 0.6) is 5.75 Å². The van der Waals surface area contributed by atoms with Gasteiger partial charge in [-0.3, -0.25) is 4.79 Å². The summed E-state index contributed by atoms with van der Waals surface area (Å²) in [7, 11) is 1.86. The third-order valence-corrected chi connectivity index (χ3v) is 5.16. The Hall–Kier alpha value is -2.84. The monoisotopic (exact) mass is 466 g/mol. The van der Waals surface area contributed by atoms with E-state index in [4.69, 9.17) is 0 Å². The number of carbonyl (C=O) groups is 1. The number of nitrogens with one attached hydrogen (secondary N) is 2. The van der Waals surface area contributed by atoms with E-state index in [1.165, 1.54) is 23.8 Å². The standard InChI is InChI=1S/C17H26N2O2.C8H7F3O/c1-5-12(3)14-9-7-8-13(11-20)17(14)15(18-4)10-19-16(21)6-2;1-6-2-4-7(5-3-6)12-8(9,10)11/h6-9,12,15,18,20H,2,5,10-11H2,1,3-4H3,(H,19,21);2-5H,1H3. The summed E-state index contributed by atoms with van der Waals surface area (Å²) in [5.74, 6) is 0.0207. The van der Waals surface area contributed by atoms with Crippen LogP contribution in [0.15, 0.2) is 55.1 Å². The number of halogens is 3. The largest absolute Gasteiger partial charge is 0.573 e. The maximum absolute atomic E-state index is 11.6. The van der Waals surface area contributed by atoms with Crippen molar-refractivity contribution in [1.29, 1.82) is 0 Å². The minimum absolute atomic E-state index is 0.00675. The smallest absolute Gasteiger partial charge is 0.406 e. The van der Waals surface area contributed by atoms with Crippen molar-refractivity contribution in [2.75, 3.05) is 13.6 Å². The second-order valence-corrected chi connectivity index (χ2v) is 7.54. The summed E-state index contributed by atoms with van der Waals surface area (Å²) in [6.07, 6.45) is -2.31. The van der Waals surface area contributed by atoms with Gasteiger partial charge in [0, 0.05) is 6.54 Å². The molecule has 3 N–H and O–H groups in total. The van der Waals surface area contributed by atoms with E-state index in [1.54, 1.807) is 19.1 Å². The van der Waals surface area contributed by atoms with Crippen molar-refractivity contribution in [3.8, 4) is 5.75 Å². The van der Waals surface area contributed by atoms with Crippen LogP contribution in [-0.4, -0.2) is 31.0 Å². The topological polar surface area (TPSA) is 70.6 Å². The van der Waals surface area contributed by atoms with Crippen molar-refractivity contribution >= 4 is 5.91 Å². The zero-order chi connectivity index (χ0) is 25.0. The fraction of sp³-hybridized carbons (Fsp3) is 0.400. The van der Waals surface area contributed by atoms with Gasteiger partial charge in [0.05, 0.1) is 12.6 Å². The van der Waals surface area contributed by atoms with E-state index in [1.807, 2.05) is 19.2 Å². The summed E-state index contributed by atoms with van der Waals surface area (Å²) in [6.45, 7) is 10.0. The van der Waals surface area contributed by atoms with Crippen LogP contribution in [0, 0.1) is 6.92 Å². The first-order valence-corrected chi connectivity index (χ1v) is 10.7. The molecule has 0 aliphatic carbocycles. The lowest BCUT2D eigenvalue weighted by molar-refractivity contribution is -0.274. The van der Waals surface area contributed by atoms with Gasteiger partial charge >= 0.3 is 6.36 Å². The summed E-state index contributed by atoms with van der Waals surface area (Å²) >= 11 is 0. The lowest BCUT2D eigenvalue weighted by Gasteiger charge is -2.25. The molecule has 0 radical (unpaired) electrons. The molecule has 2 atom stereocenters. The highest BCUT2D eigenvalue weighted by atomic mass is 19.4. The summed E-state index contributed by atoms with van der Waals surface area (Å²) in [5, 5.41) is 15.7. The Bertz CT molecular complexity index is 883. The molecule has 8 heteroatoms. The fourth-order valence-corrected chi connectivity index (χ4v) is 3.21. The molecule has 0 aliphatic rings. The number of carbonyl (C=O) groups excluding carboxylic acids is 1. The molecular weight excluding hydrogens is 433 g/mol. The molecule has 0 saturated heterocycles. The molecule has 0 aliphatic heterocycles. The number of hydrogen-bond donors (Lipinski definition) is 3. The van der Waals surface area contributed by atoms with Gasteiger partial charge in [0.25, 0.3) is 0 Å². The van der Waals surface area contributed by atoms with Gasteiger partial charge in [-0.1, -0.05) is 56.3 Å². The van der Waals surface area contributed by atoms with Crippen LogP contribution in [0.3, 0.4) is 0 Å². The number of aliphatic hydroxyl groups excluding tert-OH is 1. The molecule has 2 rings (SSSR count). The zero-order valence-corrected chi connectivity index (χ0v) is 19.5. The number of alkyl halides is 3. The molecule has 182 valence electrons. The molecule has 2 aromatic rings. The van der Waals surface area contributed by atoms with Gasteiger partial charge in [-0.15, -0.1) is 13.2 Å². The normalized spacial score (nSPS) is 12.7. The molecule has 0 saturated carbocycles. The predicted octanol–water partition coefficient (Wildman–Crippen LogP) is 5.15. The maximum Gasteiger partial charge on any atom is 0.573 e. The van der Waals surface area contributed by atoms with Crippen LogP contribution < -0.4 is 15.4 Å². The number of amides is 1. The lowest BCUT2D eigenvalue weighted by atomic mass is 9.87. The third-order valence-electron chi connectivity index (χ3n) is 5.16. The van der Waals surface area contributed by atoms with Crippen molar-refractivity contribution in [3.63, 3.8) is 0 Å². The van der Waals surface area contributed by atoms with Crippen LogP contribution in [0.25, 0.3) is 0 Å². The van der Waals surface area contributed by atoms with Gasteiger partial charge in [-0.2, -0.15) is 0 Å². The summed E-state index contributed by atoms with van der Waals surface area (Å²) < 4.78 is 38.5. The highest BCUT2D eigenvalue weighted by Crippen LogP contribution is 2.30. The molecule has 0 fully saturated rings. The number of aliphatic hydroxyl groups is 1. The SMILES string of the molecule is C=CC(=O)NCC(NC)c1c(CO)cccc1C(C)CC.Cc1ccc(OC(F)(F)F)cc1. The Kier molecular flexibility index (Phi) is 11.7. The lowest BCUT2D eigenvalue weighted by Crippen LogP contribution is -2.34. The molecule has 1 amide bonds. The molecular formula is C25H33F3N2O3. The summed E-state index contributed by atoms with van der Waals surface area (Å²) in [4.78, 5) is 11.4. The molecule has 33 heavy (non-hydrogen) atoms. The highest BCUT2D eigenvalue weighted by molar-refractivity contribution is 5.86. The van der Waals surface area contributed by atoms with Crippen molar-refractivity contribution in [2.45, 2.75) is 52.1 Å². The highest BCUT2D eigenvalue weighted by Gasteiger charge is 2.30. The zero-order valence-electron chi connectivity index (χ0n) is 19.5. The minimum Gasteiger partial charge on any atom is -0.406 e. The second-order valence-electron chi connectivity index (χ2n) is 7.54. The predicted molar refractivity (Wildman–Crippen MR) is 124 cm³/mol. The number of likely N-dealkylation sites (N-methyl/N-ethyl adjacent to an activating group) is 1. The first kappa shape index (κ1) is 28.2. The number of ether oxygens (including phenoxy) is 1. The van der Waals surface area contributed by atoms with E-state index in [0.717, 1.165) is 23.1 Å². The van der Waals surface area contributed by atoms with Gasteiger partial charge in [0.2, 0.25) is 5.91 Å². The van der Waals surface area contributed by atoms with Crippen LogP contribution in [-0.2, 0) is 11.4 Å². The molecule has 0 bridgehead atoms. The molecule has 0 aromatic heterocycles. The van der Waals surface area contributed by atoms with E-state index >= 15 is 0 Å². The molecule has 5 nitrogen and oxygen atoms in total. The van der Waals surface area contributed by atoms with E-state index in [9.17, 15) is 23.1 Å². The van der Waals surface area contributed by atoms with Crippen molar-refractivity contribution in [1.82, 2.24) is 10.6 Å². The number of hydrogen-bond acceptors (Lipinski definition) is 4. The Balaban J connectivity index is 0.000000383. The maximum atomic E-state index is 11.6. The molecule has 0 heterocycles. The van der Waals surface area contributed by atoms with Gasteiger partial charge in [-0.25, -0.2) is 0 Å². The van der Waals surface area contributed by atoms with Crippen LogP contribution in [0.2, 0.25) is 0 Å². The average Bonchev–Trinajstić information content (AvgIpc) is 2.79. The van der Waals surface area contributed by atoms with E-state index in [0.29, 0.717) is 12.5 Å². The quantitative estimate of drug-likeness (QED) is 0.447. The Morgan fingerprint density at radius 3 is 2.33 bits per heavy atom. The first-order chi connectivity index (χ1) is 15.6. The third kappa shape index (κ3) is 9.67.